The van der Waals surface area contributed by atoms with Crippen molar-refractivity contribution in [3.63, 3.8) is 0 Å². The molecule has 0 aromatic rings. The summed E-state index contributed by atoms with van der Waals surface area (Å²) in [5.41, 5.74) is 0. The summed E-state index contributed by atoms with van der Waals surface area (Å²) in [7, 11) is 0. The maximum absolute atomic E-state index is 12.6. The zero-order chi connectivity index (χ0) is 40.7. The highest BCUT2D eigenvalue weighted by Crippen LogP contribution is 2.15. The number of aliphatic hydroxyl groups excluding tert-OH is 1. The molecular weight excluding hydrogens is 702 g/mol. The molecule has 0 bridgehead atoms. The molecule has 0 fully saturated rings. The Morgan fingerprint density at radius 3 is 1.60 bits per heavy atom. The predicted molar refractivity (Wildman–Crippen MR) is 188 cm³/mol. The molecule has 19 nitrogen and oxygen atoms in total. The van der Waals surface area contributed by atoms with Gasteiger partial charge in [0, 0.05) is 52.9 Å². The average molecular weight is 758 g/mol. The van der Waals surface area contributed by atoms with Crippen molar-refractivity contribution in [3.05, 3.63) is 12.3 Å². The van der Waals surface area contributed by atoms with Gasteiger partial charge in [-0.2, -0.15) is 0 Å². The Hall–Kier alpha value is -5.36. The molecule has 0 rings (SSSR count). The van der Waals surface area contributed by atoms with Crippen molar-refractivity contribution in [2.45, 2.75) is 116 Å². The number of carboxylic acid groups (broad SMARTS) is 3. The molecule has 53 heavy (non-hydrogen) atoms. The first-order chi connectivity index (χ1) is 24.7. The normalized spacial score (nSPS) is 13.5. The summed E-state index contributed by atoms with van der Waals surface area (Å²) in [5, 5.41) is 49.9. The molecule has 0 aliphatic heterocycles. The van der Waals surface area contributed by atoms with Gasteiger partial charge in [-0.1, -0.05) is 19.9 Å². The van der Waals surface area contributed by atoms with E-state index in [0.717, 1.165) is 13.3 Å². The Balaban J connectivity index is 0. The number of carboxylic acids is 3. The molecule has 0 aromatic heterocycles. The third-order valence-electron chi connectivity index (χ3n) is 8.15. The highest BCUT2D eigenvalue weighted by Gasteiger charge is 2.26. The number of nitrogens with one attached hydrogen (secondary N) is 5. The number of amides is 5. The summed E-state index contributed by atoms with van der Waals surface area (Å²) >= 11 is 0. The van der Waals surface area contributed by atoms with Crippen LogP contribution in [0.3, 0.4) is 0 Å². The van der Waals surface area contributed by atoms with E-state index < -0.39 is 102 Å². The Labute approximate surface area is 308 Å². The summed E-state index contributed by atoms with van der Waals surface area (Å²) < 4.78 is 0. The summed E-state index contributed by atoms with van der Waals surface area (Å²) in [6.45, 7) is 7.81. The van der Waals surface area contributed by atoms with Gasteiger partial charge < -0.3 is 47.0 Å². The fourth-order valence-corrected chi connectivity index (χ4v) is 4.80. The van der Waals surface area contributed by atoms with Crippen LogP contribution in [0.4, 0.5) is 0 Å². The summed E-state index contributed by atoms with van der Waals surface area (Å²) in [5.74, 6) is -9.77. The van der Waals surface area contributed by atoms with Gasteiger partial charge in [0.15, 0.2) is 0 Å². The van der Waals surface area contributed by atoms with Gasteiger partial charge in [0.2, 0.25) is 29.5 Å². The third-order valence-corrected chi connectivity index (χ3v) is 8.15. The third kappa shape index (κ3) is 22.9. The zero-order valence-corrected chi connectivity index (χ0v) is 30.4. The van der Waals surface area contributed by atoms with Gasteiger partial charge in [0.05, 0.1) is 18.5 Å². The topological polar surface area (TPSA) is 312 Å². The number of carbonyl (C=O) groups excluding carboxylic acids is 7. The molecule has 19 heteroatoms. The lowest BCUT2D eigenvalue weighted by atomic mass is 9.94. The second-order valence-corrected chi connectivity index (χ2v) is 12.7. The summed E-state index contributed by atoms with van der Waals surface area (Å²) in [4.78, 5) is 119. The number of carbonyl (C=O) groups is 10. The van der Waals surface area contributed by atoms with E-state index in [9.17, 15) is 63.3 Å². The predicted octanol–water partition coefficient (Wildman–Crippen LogP) is 0.356. The molecule has 0 saturated heterocycles. The van der Waals surface area contributed by atoms with Gasteiger partial charge >= 0.3 is 17.9 Å². The molecule has 5 amide bonds. The van der Waals surface area contributed by atoms with Gasteiger partial charge in [0.1, 0.15) is 29.4 Å². The van der Waals surface area contributed by atoms with Crippen LogP contribution in [0, 0.1) is 11.8 Å². The fourth-order valence-electron chi connectivity index (χ4n) is 4.80. The van der Waals surface area contributed by atoms with Gasteiger partial charge in [-0.15, -0.1) is 0 Å². The van der Waals surface area contributed by atoms with Crippen LogP contribution in [0.15, 0.2) is 12.3 Å². The standard InChI is InChI=1S/C34H53N5O14.H2/c1-19(20(2)40)7-5-6-16-35-31(47)18-36-28(44)13-8-23(32(48)49)17-24(43)9-10-27(34(52)53)39-30(46)14-11-25(21(3)41)38-29(45)15-12-26(33(50)51)37-22(4)42;/h19,23,25-27,41H,3,5-18H2,1-2,4H3,(H,35,47)(H,36,44)(H,37,42)(H,38,45)(H,39,46)(H,48,49)(H,50,51)(H,52,53);1H/t19-,23+,25-,26-,27-;/m0./s1. The van der Waals surface area contributed by atoms with Gasteiger partial charge in [-0.3, -0.25) is 38.4 Å². The minimum Gasteiger partial charge on any atom is -0.511 e. The van der Waals surface area contributed by atoms with Gasteiger partial charge in [-0.05, 0) is 45.4 Å². The molecule has 0 unspecified atom stereocenters. The smallest absolute Gasteiger partial charge is 0.326 e. The van der Waals surface area contributed by atoms with Crippen LogP contribution in [-0.2, 0) is 47.9 Å². The number of Topliss-reactive ketones (excluding diaryl/α,β-unsaturated/α-hetero) is 2. The van der Waals surface area contributed by atoms with E-state index in [2.05, 4.69) is 33.2 Å². The Morgan fingerprint density at radius 1 is 0.585 bits per heavy atom. The van der Waals surface area contributed by atoms with Crippen LogP contribution in [0.5, 0.6) is 0 Å². The van der Waals surface area contributed by atoms with Crippen molar-refractivity contribution in [2.24, 2.45) is 11.8 Å². The van der Waals surface area contributed by atoms with Crippen LogP contribution in [0.25, 0.3) is 0 Å². The first-order valence-corrected chi connectivity index (χ1v) is 17.2. The van der Waals surface area contributed by atoms with E-state index >= 15 is 0 Å². The zero-order valence-electron chi connectivity index (χ0n) is 30.4. The lowest BCUT2D eigenvalue weighted by Crippen LogP contribution is -2.43. The van der Waals surface area contributed by atoms with E-state index in [1.54, 1.807) is 0 Å². The summed E-state index contributed by atoms with van der Waals surface area (Å²) in [6, 6.07) is -4.02. The Morgan fingerprint density at radius 2 is 1.09 bits per heavy atom. The van der Waals surface area contributed by atoms with Crippen LogP contribution in [0.2, 0.25) is 0 Å². The van der Waals surface area contributed by atoms with Crippen molar-refractivity contribution in [1.82, 2.24) is 26.6 Å². The Bertz CT molecular complexity index is 1360. The number of aliphatic hydroxyl groups is 1. The highest BCUT2D eigenvalue weighted by molar-refractivity contribution is 5.88. The molecule has 0 radical (unpaired) electrons. The van der Waals surface area contributed by atoms with Gasteiger partial charge in [0.25, 0.3) is 0 Å². The first-order valence-electron chi connectivity index (χ1n) is 17.2. The maximum atomic E-state index is 12.6. The van der Waals surface area contributed by atoms with Crippen molar-refractivity contribution < 1.29 is 69.8 Å². The van der Waals surface area contributed by atoms with Crippen LogP contribution >= 0.6 is 0 Å². The fraction of sp³-hybridized carbons (Fsp3) is 0.647. The number of unbranched alkanes of at least 4 members (excludes halogenated alkanes) is 1. The largest absolute Gasteiger partial charge is 0.511 e. The molecule has 300 valence electrons. The molecule has 0 aromatic carbocycles. The number of ketones is 2. The number of rotatable bonds is 29. The van der Waals surface area contributed by atoms with E-state index in [4.69, 9.17) is 5.11 Å². The Kier molecular flexibility index (Phi) is 23.0. The first kappa shape index (κ1) is 47.6. The lowest BCUT2D eigenvalue weighted by molar-refractivity contribution is -0.145. The summed E-state index contributed by atoms with van der Waals surface area (Å²) in [6.07, 6.45) is -0.999. The van der Waals surface area contributed by atoms with E-state index in [1.807, 2.05) is 6.92 Å². The van der Waals surface area contributed by atoms with E-state index in [0.29, 0.717) is 19.4 Å². The monoisotopic (exact) mass is 757 g/mol. The van der Waals surface area contributed by atoms with E-state index in [1.165, 1.54) is 6.92 Å². The molecule has 9 N–H and O–H groups in total. The van der Waals surface area contributed by atoms with E-state index in [-0.39, 0.29) is 58.2 Å². The SMILES string of the molecule is C=C(O)[C@H](CCC(=O)N[C@@H](CCC(=O)C[C@@H](CCC(=O)NCC(=O)NCCCC[C@H](C)C(C)=O)C(=O)O)C(=O)O)NC(=O)CC[C@H](NC(C)=O)C(=O)O.[HH]. The maximum Gasteiger partial charge on any atom is 0.326 e. The number of hydrogen-bond donors (Lipinski definition) is 9. The minimum absolute atomic E-state index is 0. The molecule has 0 heterocycles. The average Bonchev–Trinajstić information content (AvgIpc) is 3.06. The highest BCUT2D eigenvalue weighted by atomic mass is 16.4. The quantitative estimate of drug-likeness (QED) is 0.0368. The second kappa shape index (κ2) is 25.6. The molecule has 0 spiro atoms. The second-order valence-electron chi connectivity index (χ2n) is 12.7. The molecule has 5 atom stereocenters. The van der Waals surface area contributed by atoms with Crippen molar-refractivity contribution in [3.8, 4) is 0 Å². The van der Waals surface area contributed by atoms with Crippen molar-refractivity contribution in [2.75, 3.05) is 13.1 Å². The van der Waals surface area contributed by atoms with Crippen LogP contribution < -0.4 is 26.6 Å². The molecular formula is C34H55N5O14. The molecule has 0 aliphatic carbocycles. The van der Waals surface area contributed by atoms with Crippen molar-refractivity contribution in [1.29, 1.82) is 0 Å². The van der Waals surface area contributed by atoms with Crippen LogP contribution in [-0.4, -0.2) is 111 Å². The van der Waals surface area contributed by atoms with Gasteiger partial charge in [-0.25, -0.2) is 9.59 Å². The molecule has 0 saturated carbocycles. The lowest BCUT2D eigenvalue weighted by Gasteiger charge is -2.19. The number of hydrogen-bond acceptors (Lipinski definition) is 11. The van der Waals surface area contributed by atoms with Crippen LogP contribution in [0.1, 0.15) is 99.2 Å². The number of aliphatic carboxylic acids is 3. The molecule has 0 aliphatic rings. The minimum atomic E-state index is -1.54. The van der Waals surface area contributed by atoms with Crippen molar-refractivity contribution >= 4 is 59.0 Å².